The van der Waals surface area contributed by atoms with Gasteiger partial charge in [-0.1, -0.05) is 54.6 Å². The van der Waals surface area contributed by atoms with Crippen molar-refractivity contribution in [2.75, 3.05) is 0 Å². The Labute approximate surface area is 130 Å². The highest BCUT2D eigenvalue weighted by Crippen LogP contribution is 2.29. The summed E-state index contributed by atoms with van der Waals surface area (Å²) in [5.74, 6) is 0. The maximum atomic E-state index is 2.85. The summed E-state index contributed by atoms with van der Waals surface area (Å²) >= 11 is 0. The molecule has 0 amide bonds. The summed E-state index contributed by atoms with van der Waals surface area (Å²) in [4.78, 5) is 0. The number of benzene rings is 4. The van der Waals surface area contributed by atoms with Gasteiger partial charge in [-0.3, -0.25) is 0 Å². The summed E-state index contributed by atoms with van der Waals surface area (Å²) in [7, 11) is 2.85. The third-order valence-electron chi connectivity index (χ3n) is 3.76. The zero-order valence-electron chi connectivity index (χ0n) is 10.8. The smallest absolute Gasteiger partial charge is 0.00335 e. The van der Waals surface area contributed by atoms with Gasteiger partial charge in [0.2, 0.25) is 0 Å². The predicted molar refractivity (Wildman–Crippen MR) is 98.6 cm³/mol. The Balaban J connectivity index is 0.00000121. The van der Waals surface area contributed by atoms with E-state index in [2.05, 4.69) is 76.0 Å². The highest BCUT2D eigenvalue weighted by Gasteiger charge is 2.04. The molecule has 2 heteroatoms. The summed E-state index contributed by atoms with van der Waals surface area (Å²) in [6, 6.07) is 24.0. The van der Waals surface area contributed by atoms with Crippen LogP contribution in [0.1, 0.15) is 0 Å². The largest absolute Gasteiger partial charge is 0.114 e. The van der Waals surface area contributed by atoms with Crippen LogP contribution in [0.5, 0.6) is 0 Å². The first-order valence-electron chi connectivity index (χ1n) is 6.43. The first-order valence-corrected chi connectivity index (χ1v) is 7.00. The van der Waals surface area contributed by atoms with E-state index in [0.717, 1.165) is 0 Å². The van der Waals surface area contributed by atoms with Crippen LogP contribution in [0.15, 0.2) is 66.7 Å². The molecule has 1 unspecified atom stereocenters. The second kappa shape index (κ2) is 5.16. The molecule has 0 heterocycles. The van der Waals surface area contributed by atoms with E-state index < -0.39 is 0 Å². The zero-order chi connectivity index (χ0) is 12.8. The van der Waals surface area contributed by atoms with Crippen LogP contribution in [0, 0.1) is 0 Å². The third kappa shape index (κ3) is 2.02. The van der Waals surface area contributed by atoms with Crippen molar-refractivity contribution < 1.29 is 0 Å². The Morgan fingerprint density at radius 2 is 1.25 bits per heavy atom. The van der Waals surface area contributed by atoms with Gasteiger partial charge in [-0.05, 0) is 49.8 Å². The Hall–Kier alpha value is -1.43. The van der Waals surface area contributed by atoms with Gasteiger partial charge in [0, 0.05) is 0 Å². The number of fused-ring (bicyclic) bond motifs is 4. The molecule has 0 N–H and O–H groups in total. The van der Waals surface area contributed by atoms with Gasteiger partial charge in [0.25, 0.3) is 0 Å². The lowest BCUT2D eigenvalue weighted by Gasteiger charge is -2.08. The van der Waals surface area contributed by atoms with E-state index >= 15 is 0 Å². The fourth-order valence-electron chi connectivity index (χ4n) is 2.83. The van der Waals surface area contributed by atoms with Crippen LogP contribution in [0.3, 0.4) is 0 Å². The molecule has 0 aromatic heterocycles. The van der Waals surface area contributed by atoms with Gasteiger partial charge in [-0.2, -0.15) is 0 Å². The average Bonchev–Trinajstić information content (AvgIpc) is 2.45. The molecule has 4 aromatic carbocycles. The van der Waals surface area contributed by atoms with Crippen molar-refractivity contribution in [2.24, 2.45) is 0 Å². The highest BCUT2D eigenvalue weighted by atomic mass is 79.9. The molecule has 0 aliphatic rings. The summed E-state index contributed by atoms with van der Waals surface area (Å²) in [6.07, 6.45) is 0. The lowest BCUT2D eigenvalue weighted by atomic mass is 9.98. The van der Waals surface area contributed by atoms with Gasteiger partial charge in [0.15, 0.2) is 0 Å². The van der Waals surface area contributed by atoms with Gasteiger partial charge in [0.05, 0.1) is 0 Å². The first kappa shape index (κ1) is 13.5. The van der Waals surface area contributed by atoms with Gasteiger partial charge in [-0.25, -0.2) is 0 Å². The van der Waals surface area contributed by atoms with E-state index in [0.29, 0.717) is 0 Å². The molecule has 0 saturated heterocycles. The fourth-order valence-corrected chi connectivity index (χ4v) is 3.26. The monoisotopic (exact) mass is 340 g/mol. The summed E-state index contributed by atoms with van der Waals surface area (Å²) in [5.41, 5.74) is 0. The SMILES string of the molecule is Br.Pc1cccc2ccc3cc4ccccc4cc3c12. The maximum absolute atomic E-state index is 2.85. The minimum Gasteiger partial charge on any atom is -0.114 e. The Kier molecular flexibility index (Phi) is 3.50. The molecule has 0 fully saturated rings. The summed E-state index contributed by atoms with van der Waals surface area (Å²) in [5, 5.41) is 9.15. The minimum absolute atomic E-state index is 0. The van der Waals surface area contributed by atoms with Gasteiger partial charge < -0.3 is 0 Å². The van der Waals surface area contributed by atoms with Crippen molar-refractivity contribution in [1.29, 1.82) is 0 Å². The number of hydrogen-bond acceptors (Lipinski definition) is 0. The molecule has 20 heavy (non-hydrogen) atoms. The van der Waals surface area contributed by atoms with E-state index in [1.165, 1.54) is 37.6 Å². The average molecular weight is 341 g/mol. The van der Waals surface area contributed by atoms with Gasteiger partial charge in [-0.15, -0.1) is 26.2 Å². The van der Waals surface area contributed by atoms with Crippen molar-refractivity contribution in [3.8, 4) is 0 Å². The van der Waals surface area contributed by atoms with E-state index in [4.69, 9.17) is 0 Å². The maximum Gasteiger partial charge on any atom is -0.00335 e. The molecular formula is C18H14BrP. The molecule has 4 rings (SSSR count). The second-order valence-corrected chi connectivity index (χ2v) is 5.55. The van der Waals surface area contributed by atoms with Crippen molar-refractivity contribution in [2.45, 2.75) is 0 Å². The molecule has 0 bridgehead atoms. The van der Waals surface area contributed by atoms with Crippen molar-refractivity contribution in [3.63, 3.8) is 0 Å². The molecule has 98 valence electrons. The molecule has 0 aliphatic heterocycles. The standard InChI is InChI=1S/C18H13P.BrH/c19-17-7-3-6-12-8-9-15-10-13-4-1-2-5-14(13)11-16(15)18(12)17;/h1-11H,19H2;1H. The predicted octanol–water partition coefficient (Wildman–Crippen LogP) is 5.22. The fraction of sp³-hybridized carbons (Fsp3) is 0. The van der Waals surface area contributed by atoms with Crippen molar-refractivity contribution in [3.05, 3.63) is 66.7 Å². The van der Waals surface area contributed by atoms with Crippen molar-refractivity contribution in [1.82, 2.24) is 0 Å². The lowest BCUT2D eigenvalue weighted by molar-refractivity contribution is 1.79. The molecule has 1 atom stereocenters. The molecule has 0 aliphatic carbocycles. The van der Waals surface area contributed by atoms with Crippen LogP contribution in [0.25, 0.3) is 32.3 Å². The van der Waals surface area contributed by atoms with Crippen LogP contribution < -0.4 is 5.30 Å². The molecule has 4 aromatic rings. The first-order chi connectivity index (χ1) is 9.33. The lowest BCUT2D eigenvalue weighted by Crippen LogP contribution is -1.93. The zero-order valence-corrected chi connectivity index (χ0v) is 13.7. The van der Waals surface area contributed by atoms with Crippen LogP contribution in [0.4, 0.5) is 0 Å². The summed E-state index contributed by atoms with van der Waals surface area (Å²) < 4.78 is 0. The van der Waals surface area contributed by atoms with Crippen LogP contribution in [0.2, 0.25) is 0 Å². The van der Waals surface area contributed by atoms with Crippen LogP contribution >= 0.6 is 26.2 Å². The number of rotatable bonds is 0. The van der Waals surface area contributed by atoms with Crippen LogP contribution in [-0.4, -0.2) is 0 Å². The van der Waals surface area contributed by atoms with E-state index in [-0.39, 0.29) is 17.0 Å². The number of hydrogen-bond donors (Lipinski definition) is 0. The van der Waals surface area contributed by atoms with E-state index in [1.54, 1.807) is 0 Å². The number of halogens is 1. The van der Waals surface area contributed by atoms with Crippen molar-refractivity contribution >= 4 is 63.8 Å². The molecule has 0 radical (unpaired) electrons. The normalized spacial score (nSPS) is 10.8. The van der Waals surface area contributed by atoms with E-state index in [1.807, 2.05) is 0 Å². The third-order valence-corrected chi connectivity index (χ3v) is 4.24. The quantitative estimate of drug-likeness (QED) is 0.234. The molecule has 0 saturated carbocycles. The molecule has 0 nitrogen and oxygen atoms in total. The Bertz CT molecular complexity index is 928. The highest BCUT2D eigenvalue weighted by molar-refractivity contribution is 8.93. The minimum atomic E-state index is 0. The Morgan fingerprint density at radius 1 is 0.600 bits per heavy atom. The van der Waals surface area contributed by atoms with Gasteiger partial charge in [0.1, 0.15) is 0 Å². The Morgan fingerprint density at radius 3 is 2.05 bits per heavy atom. The topological polar surface area (TPSA) is 0 Å². The van der Waals surface area contributed by atoms with Gasteiger partial charge >= 0.3 is 0 Å². The van der Waals surface area contributed by atoms with Crippen LogP contribution in [-0.2, 0) is 0 Å². The second-order valence-electron chi connectivity index (χ2n) is 4.93. The van der Waals surface area contributed by atoms with E-state index in [9.17, 15) is 0 Å². The molecule has 0 spiro atoms. The summed E-state index contributed by atoms with van der Waals surface area (Å²) in [6.45, 7) is 0. The molecular weight excluding hydrogens is 327 g/mol.